The quantitative estimate of drug-likeness (QED) is 0.659. The maximum Gasteiger partial charge on any atom is 0.246 e. The van der Waals surface area contributed by atoms with Crippen molar-refractivity contribution < 1.29 is 17.9 Å². The molecular weight excluding hydrogens is 471 g/mol. The van der Waals surface area contributed by atoms with Crippen LogP contribution in [0.4, 0.5) is 0 Å². The lowest BCUT2D eigenvalue weighted by atomic mass is 9.95. The van der Waals surface area contributed by atoms with Crippen LogP contribution < -0.4 is 4.74 Å². The zero-order valence-corrected chi connectivity index (χ0v) is 18.9. The van der Waals surface area contributed by atoms with Gasteiger partial charge in [0.05, 0.1) is 16.0 Å². The molecular formula is C20H19Cl3N2O4S. The van der Waals surface area contributed by atoms with E-state index in [1.165, 1.54) is 16.4 Å². The molecule has 2 aromatic rings. The van der Waals surface area contributed by atoms with Crippen molar-refractivity contribution in [2.45, 2.75) is 11.3 Å². The van der Waals surface area contributed by atoms with Crippen molar-refractivity contribution in [1.29, 1.82) is 0 Å². The molecule has 0 unspecified atom stereocenters. The maximum atomic E-state index is 13.0. The predicted molar refractivity (Wildman–Crippen MR) is 116 cm³/mol. The Morgan fingerprint density at radius 1 is 1.00 bits per heavy atom. The molecule has 0 aliphatic carbocycles. The fourth-order valence-electron chi connectivity index (χ4n) is 3.79. The Hall–Kier alpha value is -1.51. The van der Waals surface area contributed by atoms with Crippen LogP contribution in [0.2, 0.25) is 15.1 Å². The number of hydrogen-bond donors (Lipinski definition) is 0. The summed E-state index contributed by atoms with van der Waals surface area (Å²) in [4.78, 5) is 14.6. The van der Waals surface area contributed by atoms with E-state index in [9.17, 15) is 13.2 Å². The van der Waals surface area contributed by atoms with Gasteiger partial charge in [0.2, 0.25) is 15.9 Å². The van der Waals surface area contributed by atoms with Crippen molar-refractivity contribution in [3.63, 3.8) is 0 Å². The molecule has 30 heavy (non-hydrogen) atoms. The van der Waals surface area contributed by atoms with E-state index in [0.717, 1.165) is 11.3 Å². The van der Waals surface area contributed by atoms with Gasteiger partial charge in [-0.15, -0.1) is 0 Å². The Balaban J connectivity index is 1.43. The first-order chi connectivity index (χ1) is 14.3. The summed E-state index contributed by atoms with van der Waals surface area (Å²) in [5.41, 5.74) is 0.904. The van der Waals surface area contributed by atoms with Gasteiger partial charge >= 0.3 is 0 Å². The smallest absolute Gasteiger partial charge is 0.246 e. The number of piperazine rings is 1. The molecule has 0 spiro atoms. The highest BCUT2D eigenvalue weighted by atomic mass is 35.5. The summed E-state index contributed by atoms with van der Waals surface area (Å²) in [7, 11) is -3.85. The fourth-order valence-corrected chi connectivity index (χ4v) is 6.50. The lowest BCUT2D eigenvalue weighted by Gasteiger charge is -2.36. The topological polar surface area (TPSA) is 66.9 Å². The van der Waals surface area contributed by atoms with Crippen LogP contribution in [-0.4, -0.2) is 56.3 Å². The molecule has 6 nitrogen and oxygen atoms in total. The number of hydrogen-bond acceptors (Lipinski definition) is 4. The zero-order valence-electron chi connectivity index (χ0n) is 15.9. The zero-order chi connectivity index (χ0) is 21.5. The number of carbonyl (C=O) groups excluding carboxylic acids is 1. The Kier molecular flexibility index (Phi) is 6.19. The summed E-state index contributed by atoms with van der Waals surface area (Å²) in [6.45, 7) is 1.22. The molecule has 2 heterocycles. The monoisotopic (exact) mass is 488 g/mol. The summed E-state index contributed by atoms with van der Waals surface area (Å²) in [6.07, 6.45) is 0.544. The Labute approximate surface area is 190 Å². The molecule has 1 fully saturated rings. The third kappa shape index (κ3) is 4.14. The van der Waals surface area contributed by atoms with Crippen LogP contribution in [-0.2, 0) is 21.2 Å². The van der Waals surface area contributed by atoms with Gasteiger partial charge in [-0.25, -0.2) is 8.42 Å². The summed E-state index contributed by atoms with van der Waals surface area (Å²) < 4.78 is 33.0. The third-order valence-electron chi connectivity index (χ3n) is 5.35. The highest BCUT2D eigenvalue weighted by molar-refractivity contribution is 7.89. The van der Waals surface area contributed by atoms with Crippen LogP contribution in [0.3, 0.4) is 0 Å². The molecule has 10 heteroatoms. The van der Waals surface area contributed by atoms with Gasteiger partial charge in [0, 0.05) is 31.2 Å². The first-order valence-electron chi connectivity index (χ1n) is 9.41. The van der Waals surface area contributed by atoms with E-state index in [0.29, 0.717) is 31.1 Å². The lowest BCUT2D eigenvalue weighted by molar-refractivity contribution is -0.138. The average Bonchev–Trinajstić information content (AvgIpc) is 2.72. The molecule has 160 valence electrons. The highest BCUT2D eigenvalue weighted by Crippen LogP contribution is 2.33. The van der Waals surface area contributed by atoms with Gasteiger partial charge in [0.1, 0.15) is 17.3 Å². The normalized spacial score (nSPS) is 19.8. The third-order valence-corrected chi connectivity index (χ3v) is 8.44. The fraction of sp³-hybridized carbons (Fsp3) is 0.350. The van der Waals surface area contributed by atoms with Gasteiger partial charge in [-0.05, 0) is 42.3 Å². The minimum Gasteiger partial charge on any atom is -0.492 e. The Bertz CT molecular complexity index is 1070. The SMILES string of the molecule is O=C([C@H]1COc2ccc(Cl)cc2C1)N1CCN(S(=O)(=O)c2c(Cl)cccc2Cl)CC1. The van der Waals surface area contributed by atoms with E-state index in [-0.39, 0.29) is 39.9 Å². The number of fused-ring (bicyclic) bond motifs is 1. The molecule has 0 saturated carbocycles. The standard InChI is InChI=1S/C20H19Cl3N2O4S/c21-15-4-5-18-13(11-15)10-14(12-29-18)20(26)24-6-8-25(9-7-24)30(27,28)19-16(22)2-1-3-17(19)23/h1-5,11,14H,6-10,12H2/t14-/m1/s1. The number of amides is 1. The van der Waals surface area contributed by atoms with Gasteiger partial charge in [0.15, 0.2) is 0 Å². The molecule has 2 aliphatic rings. The van der Waals surface area contributed by atoms with Crippen molar-refractivity contribution in [3.05, 3.63) is 57.0 Å². The summed E-state index contributed by atoms with van der Waals surface area (Å²) in [5, 5.41) is 0.762. The number of ether oxygens (including phenoxy) is 1. The molecule has 0 N–H and O–H groups in total. The minimum atomic E-state index is -3.85. The summed E-state index contributed by atoms with van der Waals surface area (Å²) in [6, 6.07) is 9.96. The van der Waals surface area contributed by atoms with Gasteiger partial charge in [-0.2, -0.15) is 4.31 Å². The van der Waals surface area contributed by atoms with Gasteiger partial charge in [-0.1, -0.05) is 40.9 Å². The van der Waals surface area contributed by atoms with Crippen molar-refractivity contribution >= 4 is 50.7 Å². The van der Waals surface area contributed by atoms with Crippen molar-refractivity contribution in [2.24, 2.45) is 5.92 Å². The van der Waals surface area contributed by atoms with Crippen LogP contribution in [0.1, 0.15) is 5.56 Å². The van der Waals surface area contributed by atoms with Crippen molar-refractivity contribution in [2.75, 3.05) is 32.8 Å². The second kappa shape index (κ2) is 8.55. The molecule has 1 saturated heterocycles. The van der Waals surface area contributed by atoms with Gasteiger partial charge in [-0.3, -0.25) is 4.79 Å². The van der Waals surface area contributed by atoms with E-state index >= 15 is 0 Å². The molecule has 0 bridgehead atoms. The van der Waals surface area contributed by atoms with Crippen LogP contribution in [0.15, 0.2) is 41.3 Å². The van der Waals surface area contributed by atoms with E-state index < -0.39 is 10.0 Å². The van der Waals surface area contributed by atoms with Crippen molar-refractivity contribution in [1.82, 2.24) is 9.21 Å². The maximum absolute atomic E-state index is 13.0. The number of halogens is 3. The van der Waals surface area contributed by atoms with E-state index in [4.69, 9.17) is 39.5 Å². The molecule has 1 amide bonds. The Morgan fingerprint density at radius 3 is 2.33 bits per heavy atom. The number of carbonyl (C=O) groups is 1. The van der Waals surface area contributed by atoms with Crippen LogP contribution >= 0.6 is 34.8 Å². The molecule has 2 aliphatic heterocycles. The first kappa shape index (κ1) is 21.7. The Morgan fingerprint density at radius 2 is 1.67 bits per heavy atom. The number of nitrogens with zero attached hydrogens (tertiary/aromatic N) is 2. The van der Waals surface area contributed by atoms with E-state index in [2.05, 4.69) is 0 Å². The average molecular weight is 490 g/mol. The van der Waals surface area contributed by atoms with E-state index in [1.54, 1.807) is 17.0 Å². The van der Waals surface area contributed by atoms with Gasteiger partial charge < -0.3 is 9.64 Å². The highest BCUT2D eigenvalue weighted by Gasteiger charge is 2.35. The van der Waals surface area contributed by atoms with Crippen LogP contribution in [0.5, 0.6) is 5.75 Å². The van der Waals surface area contributed by atoms with Gasteiger partial charge in [0.25, 0.3) is 0 Å². The molecule has 1 atom stereocenters. The van der Waals surface area contributed by atoms with Crippen LogP contribution in [0.25, 0.3) is 0 Å². The predicted octanol–water partition coefficient (Wildman–Crippen LogP) is 3.73. The second-order valence-corrected chi connectivity index (χ2v) is 10.4. The second-order valence-electron chi connectivity index (χ2n) is 7.24. The number of rotatable bonds is 3. The molecule has 0 radical (unpaired) electrons. The largest absolute Gasteiger partial charge is 0.492 e. The molecule has 4 rings (SSSR count). The van der Waals surface area contributed by atoms with E-state index in [1.807, 2.05) is 12.1 Å². The summed E-state index contributed by atoms with van der Waals surface area (Å²) in [5.74, 6) is 0.376. The number of benzene rings is 2. The number of sulfonamides is 1. The lowest BCUT2D eigenvalue weighted by Crippen LogP contribution is -2.53. The molecule has 2 aromatic carbocycles. The minimum absolute atomic E-state index is 0.0477. The van der Waals surface area contributed by atoms with Crippen molar-refractivity contribution in [3.8, 4) is 5.75 Å². The summed E-state index contributed by atoms with van der Waals surface area (Å²) >= 11 is 18.2. The van der Waals surface area contributed by atoms with Crippen LogP contribution in [0, 0.1) is 5.92 Å². The molecule has 0 aromatic heterocycles. The first-order valence-corrected chi connectivity index (χ1v) is 12.0.